The highest BCUT2D eigenvalue weighted by Crippen LogP contribution is 2.36. The molecule has 3 rings (SSSR count). The number of anilines is 1. The Morgan fingerprint density at radius 2 is 2.05 bits per heavy atom. The van der Waals surface area contributed by atoms with Crippen molar-refractivity contribution in [3.8, 4) is 11.1 Å². The standard InChI is InChI=1S/C15H10BrClN2O/c16-8-5-6-12-10(7-8)13(14(18)15(20)19-12)9-3-1-2-4-11(9)17/h1-7H,18H2,(H,19,20)/i1D,2D,3D,4D,6D. The Morgan fingerprint density at radius 1 is 1.30 bits per heavy atom. The van der Waals surface area contributed by atoms with Crippen LogP contribution in [0.5, 0.6) is 0 Å². The van der Waals surface area contributed by atoms with E-state index in [1.165, 1.54) is 6.07 Å². The average molecular weight is 355 g/mol. The summed E-state index contributed by atoms with van der Waals surface area (Å²) in [7, 11) is 0. The zero-order chi connectivity index (χ0) is 18.6. The normalized spacial score (nSPS) is 14.4. The zero-order valence-electron chi connectivity index (χ0n) is 14.9. The number of nitrogens with one attached hydrogen (secondary N) is 1. The molecule has 2 aromatic carbocycles. The maximum absolute atomic E-state index is 12.2. The molecule has 0 saturated heterocycles. The van der Waals surface area contributed by atoms with Crippen LogP contribution < -0.4 is 11.3 Å². The summed E-state index contributed by atoms with van der Waals surface area (Å²) < 4.78 is 40.2. The number of aromatic nitrogens is 1. The topological polar surface area (TPSA) is 58.9 Å². The molecule has 5 heteroatoms. The second-order valence-corrected chi connectivity index (χ2v) is 5.33. The molecule has 0 saturated carbocycles. The van der Waals surface area contributed by atoms with Crippen molar-refractivity contribution in [1.29, 1.82) is 0 Å². The molecular weight excluding hydrogens is 340 g/mol. The smallest absolute Gasteiger partial charge is 0.272 e. The lowest BCUT2D eigenvalue weighted by molar-refractivity contribution is 1.31. The van der Waals surface area contributed by atoms with Gasteiger partial charge in [-0.1, -0.05) is 45.7 Å². The van der Waals surface area contributed by atoms with Gasteiger partial charge < -0.3 is 10.7 Å². The Morgan fingerprint density at radius 3 is 2.85 bits per heavy atom. The van der Waals surface area contributed by atoms with Gasteiger partial charge in [0.05, 0.1) is 6.85 Å². The minimum atomic E-state index is -0.665. The summed E-state index contributed by atoms with van der Waals surface area (Å²) in [6, 6.07) is 1.32. The van der Waals surface area contributed by atoms with Crippen molar-refractivity contribution in [3.05, 3.63) is 62.2 Å². The lowest BCUT2D eigenvalue weighted by Crippen LogP contribution is -2.13. The molecule has 3 aromatic rings. The summed E-state index contributed by atoms with van der Waals surface area (Å²) >= 11 is 9.45. The predicted octanol–water partition coefficient (Wildman–Crippen LogP) is 4.19. The van der Waals surface area contributed by atoms with E-state index >= 15 is 0 Å². The van der Waals surface area contributed by atoms with Gasteiger partial charge >= 0.3 is 0 Å². The highest BCUT2D eigenvalue weighted by atomic mass is 79.9. The number of nitrogens with two attached hydrogens (primary N) is 1. The van der Waals surface area contributed by atoms with Crippen molar-refractivity contribution >= 4 is 44.1 Å². The molecule has 0 bridgehead atoms. The van der Waals surface area contributed by atoms with Crippen LogP contribution in [0.3, 0.4) is 0 Å². The average Bonchev–Trinajstić information content (AvgIpc) is 2.55. The van der Waals surface area contributed by atoms with Crippen molar-refractivity contribution in [2.45, 2.75) is 0 Å². The highest BCUT2D eigenvalue weighted by molar-refractivity contribution is 9.10. The molecule has 1 aromatic heterocycles. The first-order valence-corrected chi connectivity index (χ1v) is 6.70. The fourth-order valence-corrected chi connectivity index (χ4v) is 2.48. The number of halogens is 2. The summed E-state index contributed by atoms with van der Waals surface area (Å²) in [6.07, 6.45) is 0. The minimum Gasteiger partial charge on any atom is -0.394 e. The molecule has 100 valence electrons. The van der Waals surface area contributed by atoms with Gasteiger partial charge in [0.2, 0.25) is 0 Å². The van der Waals surface area contributed by atoms with Crippen LogP contribution in [0, 0.1) is 0 Å². The van der Waals surface area contributed by atoms with Gasteiger partial charge in [-0.15, -0.1) is 0 Å². The van der Waals surface area contributed by atoms with Crippen LogP contribution >= 0.6 is 27.5 Å². The Balaban J connectivity index is 2.62. The number of hydrogen-bond donors (Lipinski definition) is 2. The van der Waals surface area contributed by atoms with Gasteiger partial charge in [-0.3, -0.25) is 4.79 Å². The molecular formula is C15H10BrClN2O. The molecule has 0 aliphatic rings. The Hall–Kier alpha value is -1.78. The van der Waals surface area contributed by atoms with Gasteiger partial charge in [0.1, 0.15) is 5.69 Å². The predicted molar refractivity (Wildman–Crippen MR) is 87.1 cm³/mol. The summed E-state index contributed by atoms with van der Waals surface area (Å²) in [5.74, 6) is 0. The number of nitrogen functional groups attached to an aromatic ring is 1. The molecule has 0 spiro atoms. The molecule has 1 heterocycles. The number of hydrogen-bond acceptors (Lipinski definition) is 2. The third-order valence-electron chi connectivity index (χ3n) is 2.82. The van der Waals surface area contributed by atoms with Crippen LogP contribution in [0.15, 0.2) is 51.6 Å². The maximum Gasteiger partial charge on any atom is 0.272 e. The van der Waals surface area contributed by atoms with E-state index in [0.717, 1.165) is 0 Å². The molecule has 0 amide bonds. The molecule has 0 fully saturated rings. The van der Waals surface area contributed by atoms with E-state index in [1.54, 1.807) is 6.07 Å². The Kier molecular flexibility index (Phi) is 2.11. The molecule has 0 radical (unpaired) electrons. The third kappa shape index (κ3) is 2.11. The molecule has 0 unspecified atom stereocenters. The van der Waals surface area contributed by atoms with Gasteiger partial charge in [0.25, 0.3) is 5.56 Å². The van der Waals surface area contributed by atoms with Crippen molar-refractivity contribution < 1.29 is 6.85 Å². The third-order valence-corrected chi connectivity index (χ3v) is 3.56. The lowest BCUT2D eigenvalue weighted by Gasteiger charge is -2.11. The second kappa shape index (κ2) is 4.96. The number of H-pyrrole nitrogens is 1. The zero-order valence-corrected chi connectivity index (χ0v) is 12.2. The van der Waals surface area contributed by atoms with Crippen molar-refractivity contribution in [3.63, 3.8) is 0 Å². The van der Waals surface area contributed by atoms with Crippen LogP contribution in [-0.4, -0.2) is 4.98 Å². The fourth-order valence-electron chi connectivity index (χ4n) is 1.95. The lowest BCUT2D eigenvalue weighted by atomic mass is 9.99. The van der Waals surface area contributed by atoms with Crippen LogP contribution in [0.2, 0.25) is 5.02 Å². The number of rotatable bonds is 1. The van der Waals surface area contributed by atoms with Crippen molar-refractivity contribution in [2.75, 3.05) is 5.73 Å². The first-order chi connectivity index (χ1) is 11.6. The summed E-state index contributed by atoms with van der Waals surface area (Å²) in [6.45, 7) is 0. The molecule has 0 aliphatic heterocycles. The molecule has 3 nitrogen and oxygen atoms in total. The van der Waals surface area contributed by atoms with Crippen LogP contribution in [0.4, 0.5) is 5.69 Å². The Bertz CT molecular complexity index is 1090. The van der Waals surface area contributed by atoms with Gasteiger partial charge in [0.15, 0.2) is 0 Å². The summed E-state index contributed by atoms with van der Waals surface area (Å²) in [5, 5.41) is 0.111. The SMILES string of the molecule is [2H]c1c([2H])c([2H])c(-c2c(N)c(=O)[nH]c3c([2H])cc(Br)cc23)c(Cl)c1[2H]. The van der Waals surface area contributed by atoms with Crippen LogP contribution in [-0.2, 0) is 0 Å². The summed E-state index contributed by atoms with van der Waals surface area (Å²) in [4.78, 5) is 14.7. The molecule has 0 aliphatic carbocycles. The summed E-state index contributed by atoms with van der Waals surface area (Å²) in [5.41, 5.74) is 5.22. The van der Waals surface area contributed by atoms with E-state index in [1.807, 2.05) is 0 Å². The fraction of sp³-hybridized carbons (Fsp3) is 0. The van der Waals surface area contributed by atoms with E-state index in [4.69, 9.17) is 24.2 Å². The minimum absolute atomic E-state index is 0.0275. The van der Waals surface area contributed by atoms with Gasteiger partial charge in [-0.2, -0.15) is 0 Å². The Labute approximate surface area is 135 Å². The van der Waals surface area contributed by atoms with E-state index in [2.05, 4.69) is 20.9 Å². The molecule has 20 heavy (non-hydrogen) atoms. The van der Waals surface area contributed by atoms with Gasteiger partial charge in [-0.05, 0) is 24.2 Å². The van der Waals surface area contributed by atoms with Gasteiger partial charge in [0, 0.05) is 31.5 Å². The highest BCUT2D eigenvalue weighted by Gasteiger charge is 2.14. The number of fused-ring (bicyclic) bond motifs is 1. The molecule has 0 atom stereocenters. The quantitative estimate of drug-likeness (QED) is 0.688. The number of aromatic amines is 1. The van der Waals surface area contributed by atoms with Crippen molar-refractivity contribution in [1.82, 2.24) is 4.98 Å². The van der Waals surface area contributed by atoms with Crippen molar-refractivity contribution in [2.24, 2.45) is 0 Å². The van der Waals surface area contributed by atoms with E-state index < -0.39 is 29.7 Å². The number of pyridine rings is 1. The monoisotopic (exact) mass is 353 g/mol. The van der Waals surface area contributed by atoms with E-state index in [-0.39, 0.29) is 33.4 Å². The van der Waals surface area contributed by atoms with Crippen LogP contribution in [0.1, 0.15) is 6.85 Å². The first kappa shape index (κ1) is 8.49. The van der Waals surface area contributed by atoms with Crippen LogP contribution in [0.25, 0.3) is 22.0 Å². The largest absolute Gasteiger partial charge is 0.394 e. The van der Waals surface area contributed by atoms with Gasteiger partial charge in [-0.25, -0.2) is 0 Å². The van der Waals surface area contributed by atoms with E-state index in [0.29, 0.717) is 9.86 Å². The first-order valence-electron chi connectivity index (χ1n) is 8.03. The van der Waals surface area contributed by atoms with E-state index in [9.17, 15) is 4.79 Å². The molecule has 3 N–H and O–H groups in total. The maximum atomic E-state index is 12.2. The second-order valence-electron chi connectivity index (χ2n) is 4.04. The number of benzene rings is 2.